The largest absolute Gasteiger partial charge is 0.306 e. The van der Waals surface area contributed by atoms with Crippen LogP contribution >= 0.6 is 0 Å². The molecule has 78 valence electrons. The van der Waals surface area contributed by atoms with Crippen LogP contribution in [0, 0.1) is 0 Å². The van der Waals surface area contributed by atoms with Crippen LogP contribution in [0.25, 0.3) is 22.3 Å². The molecule has 0 amide bonds. The maximum Gasteiger partial charge on any atom is 0.259 e. The van der Waals surface area contributed by atoms with Gasteiger partial charge in [-0.1, -0.05) is 0 Å². The Balaban J connectivity index is 2.34. The molecule has 6 nitrogen and oxygen atoms in total. The summed E-state index contributed by atoms with van der Waals surface area (Å²) in [7, 11) is 0. The van der Waals surface area contributed by atoms with E-state index in [1.807, 2.05) is 0 Å². The summed E-state index contributed by atoms with van der Waals surface area (Å²) in [5.74, 6) is 0. The molecule has 0 spiro atoms. The highest BCUT2D eigenvalue weighted by Gasteiger charge is 2.06. The highest BCUT2D eigenvalue weighted by atomic mass is 16.1. The molecule has 16 heavy (non-hydrogen) atoms. The maximum absolute atomic E-state index is 11.8. The average Bonchev–Trinajstić information content (AvgIpc) is 2.81. The second-order valence-electron chi connectivity index (χ2n) is 3.31. The number of H-pyrrole nitrogens is 2. The van der Waals surface area contributed by atoms with Gasteiger partial charge in [-0.25, -0.2) is 9.97 Å². The van der Waals surface area contributed by atoms with Crippen LogP contribution in [-0.4, -0.2) is 25.1 Å². The molecule has 0 aliphatic carbocycles. The highest BCUT2D eigenvalue weighted by molar-refractivity contribution is 5.78. The quantitative estimate of drug-likeness (QED) is 0.623. The second kappa shape index (κ2) is 3.27. The van der Waals surface area contributed by atoms with Gasteiger partial charge in [-0.3, -0.25) is 9.89 Å². The van der Waals surface area contributed by atoms with Crippen molar-refractivity contribution in [1.82, 2.24) is 25.1 Å². The van der Waals surface area contributed by atoms with Crippen molar-refractivity contribution in [3.63, 3.8) is 0 Å². The molecular weight excluding hydrogens is 206 g/mol. The van der Waals surface area contributed by atoms with Crippen molar-refractivity contribution < 1.29 is 0 Å². The van der Waals surface area contributed by atoms with E-state index in [0.29, 0.717) is 16.9 Å². The first-order valence-electron chi connectivity index (χ1n) is 4.67. The standard InChI is InChI=1S/C10H7N5O/c16-10-7(8-1-2-13-15-8)3-6-4-11-5-12-9(6)14-10/h1-5H,(H,13,15)(H,11,12,14,16). The molecular formula is C10H7N5O. The maximum atomic E-state index is 11.8. The molecule has 0 radical (unpaired) electrons. The topological polar surface area (TPSA) is 87.3 Å². The summed E-state index contributed by atoms with van der Waals surface area (Å²) in [6, 6.07) is 3.47. The van der Waals surface area contributed by atoms with Crippen LogP contribution in [0.15, 0.2) is 35.6 Å². The molecule has 6 heteroatoms. The molecule has 0 aliphatic rings. The Labute approximate surface area is 89.4 Å². The minimum Gasteiger partial charge on any atom is -0.306 e. The van der Waals surface area contributed by atoms with Crippen LogP contribution in [0.4, 0.5) is 0 Å². The first-order valence-corrected chi connectivity index (χ1v) is 4.67. The molecule has 0 atom stereocenters. The molecule has 0 fully saturated rings. The summed E-state index contributed by atoms with van der Waals surface area (Å²) in [4.78, 5) is 22.3. The SMILES string of the molecule is O=c1[nH]c2ncncc2cc1-c1ccn[nH]1. The van der Waals surface area contributed by atoms with Crippen molar-refractivity contribution in [2.24, 2.45) is 0 Å². The van der Waals surface area contributed by atoms with Gasteiger partial charge in [0.1, 0.15) is 12.0 Å². The third-order valence-corrected chi connectivity index (χ3v) is 2.31. The van der Waals surface area contributed by atoms with E-state index in [4.69, 9.17) is 0 Å². The number of fused-ring (bicyclic) bond motifs is 1. The number of hydrogen-bond donors (Lipinski definition) is 2. The summed E-state index contributed by atoms with van der Waals surface area (Å²) in [6.07, 6.45) is 4.65. The fraction of sp³-hybridized carbons (Fsp3) is 0. The summed E-state index contributed by atoms with van der Waals surface area (Å²) >= 11 is 0. The Bertz CT molecular complexity index is 686. The van der Waals surface area contributed by atoms with Crippen molar-refractivity contribution in [3.8, 4) is 11.3 Å². The minimum absolute atomic E-state index is 0.199. The number of hydrogen-bond acceptors (Lipinski definition) is 4. The Hall–Kier alpha value is -2.50. The van der Waals surface area contributed by atoms with E-state index in [2.05, 4.69) is 25.1 Å². The van der Waals surface area contributed by atoms with Crippen molar-refractivity contribution in [1.29, 1.82) is 0 Å². The van der Waals surface area contributed by atoms with Gasteiger partial charge in [0.25, 0.3) is 5.56 Å². The van der Waals surface area contributed by atoms with E-state index in [9.17, 15) is 4.79 Å². The molecule has 0 aliphatic heterocycles. The van der Waals surface area contributed by atoms with E-state index >= 15 is 0 Å². The van der Waals surface area contributed by atoms with Crippen LogP contribution in [0.5, 0.6) is 0 Å². The van der Waals surface area contributed by atoms with Crippen molar-refractivity contribution in [2.45, 2.75) is 0 Å². The molecule has 3 aromatic rings. The van der Waals surface area contributed by atoms with Crippen LogP contribution < -0.4 is 5.56 Å². The first kappa shape index (κ1) is 8.78. The van der Waals surface area contributed by atoms with Gasteiger partial charge in [0, 0.05) is 17.8 Å². The van der Waals surface area contributed by atoms with E-state index in [-0.39, 0.29) is 5.56 Å². The molecule has 0 saturated heterocycles. The molecule has 3 heterocycles. The fourth-order valence-corrected chi connectivity index (χ4v) is 1.55. The molecule has 3 aromatic heterocycles. The monoisotopic (exact) mass is 213 g/mol. The number of nitrogens with one attached hydrogen (secondary N) is 2. The Kier molecular flexibility index (Phi) is 1.79. The summed E-state index contributed by atoms with van der Waals surface area (Å²) in [5, 5.41) is 7.34. The lowest BCUT2D eigenvalue weighted by Crippen LogP contribution is -2.09. The lowest BCUT2D eigenvalue weighted by atomic mass is 10.2. The van der Waals surface area contributed by atoms with Gasteiger partial charge < -0.3 is 4.98 Å². The smallest absolute Gasteiger partial charge is 0.259 e. The van der Waals surface area contributed by atoms with Crippen LogP contribution in [0.2, 0.25) is 0 Å². The third-order valence-electron chi connectivity index (χ3n) is 2.31. The number of pyridine rings is 1. The van der Waals surface area contributed by atoms with Crippen molar-refractivity contribution >= 4 is 11.0 Å². The van der Waals surface area contributed by atoms with Gasteiger partial charge in [-0.15, -0.1) is 0 Å². The fourth-order valence-electron chi connectivity index (χ4n) is 1.55. The summed E-state index contributed by atoms with van der Waals surface area (Å²) < 4.78 is 0. The zero-order valence-corrected chi connectivity index (χ0v) is 8.14. The van der Waals surface area contributed by atoms with Crippen molar-refractivity contribution in [3.05, 3.63) is 41.2 Å². The van der Waals surface area contributed by atoms with Crippen molar-refractivity contribution in [2.75, 3.05) is 0 Å². The molecule has 0 saturated carbocycles. The third kappa shape index (κ3) is 1.28. The molecule has 0 bridgehead atoms. The van der Waals surface area contributed by atoms with Gasteiger partial charge in [0.05, 0.1) is 11.3 Å². The lowest BCUT2D eigenvalue weighted by Gasteiger charge is -1.99. The first-order chi connectivity index (χ1) is 7.84. The predicted molar refractivity (Wildman–Crippen MR) is 57.7 cm³/mol. The lowest BCUT2D eigenvalue weighted by molar-refractivity contribution is 1.09. The molecule has 0 aromatic carbocycles. The predicted octanol–water partition coefficient (Wildman–Crippen LogP) is 0.708. The van der Waals surface area contributed by atoms with Crippen LogP contribution in [0.3, 0.4) is 0 Å². The van der Waals surface area contributed by atoms with E-state index in [1.54, 1.807) is 24.5 Å². The van der Waals surface area contributed by atoms with E-state index in [0.717, 1.165) is 5.39 Å². The Morgan fingerprint density at radius 2 is 2.25 bits per heavy atom. The molecule has 2 N–H and O–H groups in total. The molecule has 0 unspecified atom stereocenters. The van der Waals surface area contributed by atoms with Gasteiger partial charge >= 0.3 is 0 Å². The van der Waals surface area contributed by atoms with E-state index in [1.165, 1.54) is 6.33 Å². The highest BCUT2D eigenvalue weighted by Crippen LogP contribution is 2.14. The summed E-state index contributed by atoms with van der Waals surface area (Å²) in [5.41, 5.74) is 1.53. The van der Waals surface area contributed by atoms with Crippen LogP contribution in [-0.2, 0) is 0 Å². The number of aromatic nitrogens is 5. The normalized spacial score (nSPS) is 10.8. The van der Waals surface area contributed by atoms with Gasteiger partial charge in [-0.05, 0) is 12.1 Å². The average molecular weight is 213 g/mol. The Morgan fingerprint density at radius 3 is 3.06 bits per heavy atom. The number of rotatable bonds is 1. The van der Waals surface area contributed by atoms with Gasteiger partial charge in [0.15, 0.2) is 0 Å². The zero-order valence-electron chi connectivity index (χ0n) is 8.14. The van der Waals surface area contributed by atoms with Gasteiger partial charge in [0.2, 0.25) is 0 Å². The number of nitrogens with zero attached hydrogens (tertiary/aromatic N) is 3. The number of aromatic amines is 2. The van der Waals surface area contributed by atoms with Crippen LogP contribution in [0.1, 0.15) is 0 Å². The summed E-state index contributed by atoms with van der Waals surface area (Å²) in [6.45, 7) is 0. The minimum atomic E-state index is -0.199. The second-order valence-corrected chi connectivity index (χ2v) is 3.31. The zero-order chi connectivity index (χ0) is 11.0. The Morgan fingerprint density at radius 1 is 1.31 bits per heavy atom. The van der Waals surface area contributed by atoms with E-state index < -0.39 is 0 Å². The molecule has 3 rings (SSSR count). The van der Waals surface area contributed by atoms with Gasteiger partial charge in [-0.2, -0.15) is 5.10 Å².